The van der Waals surface area contributed by atoms with Crippen molar-refractivity contribution >= 4 is 22.2 Å². The minimum atomic E-state index is 0.0662. The summed E-state index contributed by atoms with van der Waals surface area (Å²) in [5, 5.41) is 0. The second-order valence-corrected chi connectivity index (χ2v) is 3.80. The van der Waals surface area contributed by atoms with Crippen molar-refractivity contribution < 1.29 is 23.7 Å². The first-order valence-corrected chi connectivity index (χ1v) is 5.26. The predicted molar refractivity (Wildman–Crippen MR) is 58.2 cm³/mol. The van der Waals surface area contributed by atoms with Crippen LogP contribution in [-0.4, -0.2) is 27.0 Å². The molecule has 0 amide bonds. The highest BCUT2D eigenvalue weighted by molar-refractivity contribution is 9.10. The van der Waals surface area contributed by atoms with Crippen LogP contribution in [0.15, 0.2) is 10.5 Å². The van der Waals surface area contributed by atoms with E-state index in [2.05, 4.69) is 15.9 Å². The molecule has 1 aliphatic heterocycles. The van der Waals surface area contributed by atoms with Crippen molar-refractivity contribution in [2.75, 3.05) is 20.7 Å². The highest BCUT2D eigenvalue weighted by Gasteiger charge is 2.24. The summed E-state index contributed by atoms with van der Waals surface area (Å²) in [6, 6.07) is 1.60. The number of methoxy groups -OCH3 is 1. The van der Waals surface area contributed by atoms with Gasteiger partial charge in [0.05, 0.1) is 4.47 Å². The van der Waals surface area contributed by atoms with Gasteiger partial charge in [0, 0.05) is 12.7 Å². The Kier molecular flexibility index (Phi) is 3.31. The first-order chi connectivity index (χ1) is 7.77. The third kappa shape index (κ3) is 1.85. The Morgan fingerprint density at radius 1 is 1.56 bits per heavy atom. The number of fused-ring (bicyclic) bond motifs is 1. The van der Waals surface area contributed by atoms with Crippen LogP contribution in [0.4, 0.5) is 0 Å². The van der Waals surface area contributed by atoms with Gasteiger partial charge in [-0.15, -0.1) is 0 Å². The molecule has 0 fully saturated rings. The lowest BCUT2D eigenvalue weighted by molar-refractivity contribution is 0.0479. The molecule has 6 heteroatoms. The molecule has 0 saturated heterocycles. The highest BCUT2D eigenvalue weighted by atomic mass is 79.9. The molecule has 0 aromatic heterocycles. The quantitative estimate of drug-likeness (QED) is 0.626. The van der Waals surface area contributed by atoms with Crippen LogP contribution in [0.2, 0.25) is 0 Å². The minimum absolute atomic E-state index is 0.0662. The molecule has 5 nitrogen and oxygen atoms in total. The molecule has 86 valence electrons. The molecule has 0 bridgehead atoms. The zero-order valence-electron chi connectivity index (χ0n) is 8.49. The number of halogens is 1. The Labute approximate surface area is 100 Å². The van der Waals surface area contributed by atoms with Crippen molar-refractivity contribution in [1.82, 2.24) is 0 Å². The standard InChI is InChI=1S/C10H9BrO5/c1-13-4-15-10-8(11)6(3-12)2-7-9(10)16-5-14-7/h2-3H,4-5H2,1H3. The molecule has 1 aromatic carbocycles. The van der Waals surface area contributed by atoms with Crippen LogP contribution < -0.4 is 14.2 Å². The van der Waals surface area contributed by atoms with E-state index < -0.39 is 0 Å². The topological polar surface area (TPSA) is 54.0 Å². The maximum absolute atomic E-state index is 10.8. The lowest BCUT2D eigenvalue weighted by Gasteiger charge is -2.11. The van der Waals surface area contributed by atoms with Crippen LogP contribution in [0.1, 0.15) is 10.4 Å². The van der Waals surface area contributed by atoms with Crippen LogP contribution in [0.5, 0.6) is 17.2 Å². The van der Waals surface area contributed by atoms with E-state index in [9.17, 15) is 4.79 Å². The SMILES string of the molecule is COCOc1c(Br)c(C=O)cc2c1OCO2. The van der Waals surface area contributed by atoms with Gasteiger partial charge in [0.2, 0.25) is 12.5 Å². The van der Waals surface area contributed by atoms with Crippen LogP contribution in [0.25, 0.3) is 0 Å². The molecular formula is C10H9BrO5. The normalized spacial score (nSPS) is 12.6. The summed E-state index contributed by atoms with van der Waals surface area (Å²) in [5.74, 6) is 1.39. The molecule has 0 aliphatic carbocycles. The van der Waals surface area contributed by atoms with Crippen molar-refractivity contribution in [3.05, 3.63) is 16.1 Å². The Hall–Kier alpha value is -1.27. The van der Waals surface area contributed by atoms with E-state index in [0.29, 0.717) is 33.6 Å². The van der Waals surface area contributed by atoms with Gasteiger partial charge in [-0.1, -0.05) is 0 Å². The fourth-order valence-corrected chi connectivity index (χ4v) is 1.84. The number of carbonyl (C=O) groups is 1. The second kappa shape index (κ2) is 4.71. The van der Waals surface area contributed by atoms with E-state index in [1.807, 2.05) is 0 Å². The van der Waals surface area contributed by atoms with Gasteiger partial charge in [-0.3, -0.25) is 4.79 Å². The summed E-state index contributed by atoms with van der Waals surface area (Å²) < 4.78 is 21.1. The van der Waals surface area contributed by atoms with Gasteiger partial charge in [0.15, 0.2) is 24.6 Å². The van der Waals surface area contributed by atoms with Crippen LogP contribution in [0, 0.1) is 0 Å². The van der Waals surface area contributed by atoms with Crippen molar-refractivity contribution in [2.24, 2.45) is 0 Å². The molecule has 0 spiro atoms. The van der Waals surface area contributed by atoms with Gasteiger partial charge in [0.25, 0.3) is 0 Å². The van der Waals surface area contributed by atoms with Crippen molar-refractivity contribution in [3.63, 3.8) is 0 Å². The molecular weight excluding hydrogens is 280 g/mol. The number of benzene rings is 1. The fraction of sp³-hybridized carbons (Fsp3) is 0.300. The molecule has 0 atom stereocenters. The molecule has 0 N–H and O–H groups in total. The van der Waals surface area contributed by atoms with Gasteiger partial charge >= 0.3 is 0 Å². The summed E-state index contributed by atoms with van der Waals surface area (Å²) >= 11 is 3.28. The molecule has 0 unspecified atom stereocenters. The first kappa shape index (κ1) is 11.2. The fourth-order valence-electron chi connectivity index (χ4n) is 1.34. The Bertz CT molecular complexity index is 418. The summed E-state index contributed by atoms with van der Waals surface area (Å²) in [7, 11) is 1.51. The Balaban J connectivity index is 2.46. The Morgan fingerprint density at radius 2 is 2.38 bits per heavy atom. The lowest BCUT2D eigenvalue weighted by Crippen LogP contribution is -2.02. The zero-order chi connectivity index (χ0) is 11.5. The first-order valence-electron chi connectivity index (χ1n) is 4.47. The van der Waals surface area contributed by atoms with Gasteiger partial charge < -0.3 is 18.9 Å². The predicted octanol–water partition coefficient (Wildman–Crippen LogP) is 1.97. The van der Waals surface area contributed by atoms with Crippen LogP contribution in [-0.2, 0) is 4.74 Å². The van der Waals surface area contributed by atoms with Gasteiger partial charge in [-0.25, -0.2) is 0 Å². The highest BCUT2D eigenvalue weighted by Crippen LogP contribution is 2.47. The summed E-state index contributed by atoms with van der Waals surface area (Å²) in [5.41, 5.74) is 0.440. The lowest BCUT2D eigenvalue weighted by atomic mass is 10.2. The van der Waals surface area contributed by atoms with E-state index in [0.717, 1.165) is 0 Å². The molecule has 0 saturated carbocycles. The molecule has 0 radical (unpaired) electrons. The van der Waals surface area contributed by atoms with Crippen LogP contribution in [0.3, 0.4) is 0 Å². The molecule has 1 heterocycles. The monoisotopic (exact) mass is 288 g/mol. The number of hydrogen-bond donors (Lipinski definition) is 0. The number of rotatable bonds is 4. The largest absolute Gasteiger partial charge is 0.462 e. The molecule has 2 rings (SSSR count). The number of ether oxygens (including phenoxy) is 4. The summed E-state index contributed by atoms with van der Waals surface area (Å²) in [4.78, 5) is 10.8. The zero-order valence-corrected chi connectivity index (χ0v) is 10.1. The maximum atomic E-state index is 10.8. The summed E-state index contributed by atoms with van der Waals surface area (Å²) in [6.45, 7) is 0.185. The van der Waals surface area contributed by atoms with Crippen LogP contribution >= 0.6 is 15.9 Å². The van der Waals surface area contributed by atoms with E-state index in [4.69, 9.17) is 18.9 Å². The van der Waals surface area contributed by atoms with Crippen molar-refractivity contribution in [3.8, 4) is 17.2 Å². The van der Waals surface area contributed by atoms with Gasteiger partial charge in [-0.05, 0) is 22.0 Å². The minimum Gasteiger partial charge on any atom is -0.462 e. The smallest absolute Gasteiger partial charge is 0.231 e. The molecule has 1 aliphatic rings. The second-order valence-electron chi connectivity index (χ2n) is 3.01. The third-order valence-electron chi connectivity index (χ3n) is 2.04. The summed E-state index contributed by atoms with van der Waals surface area (Å²) in [6.07, 6.45) is 0.714. The maximum Gasteiger partial charge on any atom is 0.231 e. The van der Waals surface area contributed by atoms with Gasteiger partial charge in [-0.2, -0.15) is 0 Å². The van der Waals surface area contributed by atoms with E-state index >= 15 is 0 Å². The third-order valence-corrected chi connectivity index (χ3v) is 2.85. The van der Waals surface area contributed by atoms with E-state index in [-0.39, 0.29) is 13.6 Å². The van der Waals surface area contributed by atoms with Crippen molar-refractivity contribution in [1.29, 1.82) is 0 Å². The number of aldehydes is 1. The van der Waals surface area contributed by atoms with Crippen molar-refractivity contribution in [2.45, 2.75) is 0 Å². The molecule has 1 aromatic rings. The Morgan fingerprint density at radius 3 is 3.06 bits per heavy atom. The number of carbonyl (C=O) groups excluding carboxylic acids is 1. The van der Waals surface area contributed by atoms with E-state index in [1.54, 1.807) is 6.07 Å². The van der Waals surface area contributed by atoms with Gasteiger partial charge in [0.1, 0.15) is 0 Å². The average molecular weight is 289 g/mol. The van der Waals surface area contributed by atoms with E-state index in [1.165, 1.54) is 7.11 Å². The average Bonchev–Trinajstić information content (AvgIpc) is 2.75. The molecule has 16 heavy (non-hydrogen) atoms. The number of hydrogen-bond acceptors (Lipinski definition) is 5.